The topological polar surface area (TPSA) is 58.6 Å². The molecule has 0 unspecified atom stereocenters. The van der Waals surface area contributed by atoms with Gasteiger partial charge in [-0.25, -0.2) is 0 Å². The minimum atomic E-state index is -0.0645. The lowest BCUT2D eigenvalue weighted by Crippen LogP contribution is -2.40. The van der Waals surface area contributed by atoms with Gasteiger partial charge in [0.2, 0.25) is 5.91 Å². The number of hydrogen-bond acceptors (Lipinski definition) is 3. The van der Waals surface area contributed by atoms with Crippen molar-refractivity contribution in [2.24, 2.45) is 0 Å². The number of para-hydroxylation sites is 2. The first-order valence-corrected chi connectivity index (χ1v) is 9.49. The smallest absolute Gasteiger partial charge is 0.265 e. The van der Waals surface area contributed by atoms with Gasteiger partial charge in [-0.05, 0) is 43.9 Å². The van der Waals surface area contributed by atoms with E-state index in [1.165, 1.54) is 5.56 Å². The number of amides is 2. The Hall–Kier alpha value is -2.82. The van der Waals surface area contributed by atoms with Crippen molar-refractivity contribution in [3.8, 4) is 5.75 Å². The highest BCUT2D eigenvalue weighted by Gasteiger charge is 2.24. The highest BCUT2D eigenvalue weighted by molar-refractivity contribution is 5.97. The van der Waals surface area contributed by atoms with Crippen molar-refractivity contribution in [3.63, 3.8) is 0 Å². The Labute approximate surface area is 160 Å². The van der Waals surface area contributed by atoms with Crippen molar-refractivity contribution >= 4 is 17.5 Å². The van der Waals surface area contributed by atoms with Crippen LogP contribution < -0.4 is 15.0 Å². The van der Waals surface area contributed by atoms with E-state index in [1.54, 1.807) is 4.90 Å². The number of carbonyl (C=O) groups excluding carboxylic acids is 2. The summed E-state index contributed by atoms with van der Waals surface area (Å²) < 4.78 is 5.44. The maximum atomic E-state index is 12.2. The van der Waals surface area contributed by atoms with Gasteiger partial charge in [-0.2, -0.15) is 0 Å². The monoisotopic (exact) mass is 366 g/mol. The number of ether oxygens (including phenoxy) is 1. The lowest BCUT2D eigenvalue weighted by atomic mass is 10.1. The molecule has 1 heterocycles. The van der Waals surface area contributed by atoms with E-state index in [9.17, 15) is 9.59 Å². The fourth-order valence-corrected chi connectivity index (χ4v) is 3.24. The van der Waals surface area contributed by atoms with E-state index in [0.29, 0.717) is 19.4 Å². The van der Waals surface area contributed by atoms with Gasteiger partial charge in [0, 0.05) is 19.0 Å². The van der Waals surface area contributed by atoms with E-state index in [2.05, 4.69) is 17.4 Å². The number of nitrogens with one attached hydrogen (secondary N) is 1. The zero-order valence-corrected chi connectivity index (χ0v) is 15.7. The Kier molecular flexibility index (Phi) is 6.47. The van der Waals surface area contributed by atoms with Crippen LogP contribution in [0.2, 0.25) is 0 Å². The van der Waals surface area contributed by atoms with E-state index in [0.717, 1.165) is 24.3 Å². The van der Waals surface area contributed by atoms with Crippen LogP contribution >= 0.6 is 0 Å². The number of benzene rings is 2. The van der Waals surface area contributed by atoms with Crippen molar-refractivity contribution in [2.45, 2.75) is 38.6 Å². The number of hydrogen-bond donors (Lipinski definition) is 1. The first kappa shape index (κ1) is 19.0. The molecule has 0 fully saturated rings. The average Bonchev–Trinajstić information content (AvgIpc) is 2.69. The number of aryl methyl sites for hydroxylation is 1. The second-order valence-electron chi connectivity index (χ2n) is 6.90. The third kappa shape index (κ3) is 5.33. The van der Waals surface area contributed by atoms with Crippen molar-refractivity contribution in [3.05, 3.63) is 60.2 Å². The van der Waals surface area contributed by atoms with Gasteiger partial charge in [-0.1, -0.05) is 42.5 Å². The Morgan fingerprint density at radius 2 is 1.89 bits per heavy atom. The Morgan fingerprint density at radius 1 is 1.15 bits per heavy atom. The van der Waals surface area contributed by atoms with Gasteiger partial charge in [-0.3, -0.25) is 9.59 Å². The molecule has 0 saturated carbocycles. The third-order valence-corrected chi connectivity index (χ3v) is 4.71. The van der Waals surface area contributed by atoms with Crippen LogP contribution in [0.1, 0.15) is 31.7 Å². The van der Waals surface area contributed by atoms with Crippen LogP contribution in [0.4, 0.5) is 5.69 Å². The molecule has 5 nitrogen and oxygen atoms in total. The number of nitrogens with zero attached hydrogens (tertiary/aromatic N) is 1. The van der Waals surface area contributed by atoms with E-state index >= 15 is 0 Å². The number of carbonyl (C=O) groups is 2. The summed E-state index contributed by atoms with van der Waals surface area (Å²) in [6, 6.07) is 17.9. The predicted octanol–water partition coefficient (Wildman–Crippen LogP) is 3.33. The van der Waals surface area contributed by atoms with Crippen LogP contribution in [-0.2, 0) is 16.0 Å². The van der Waals surface area contributed by atoms with Gasteiger partial charge in [0.15, 0.2) is 6.61 Å². The lowest BCUT2D eigenvalue weighted by Gasteiger charge is -2.29. The Balaban J connectivity index is 1.41. The maximum Gasteiger partial charge on any atom is 0.265 e. The standard InChI is InChI=1S/C22H26N2O3/c1-17(13-14-18-8-3-2-4-9-18)23-21(25)12-7-15-24-19-10-5-6-11-20(19)27-16-22(24)26/h2-6,8-11,17H,7,12-16H2,1H3,(H,23,25)/t17-/m1/s1. The molecule has 0 aromatic heterocycles. The SMILES string of the molecule is C[C@H](CCc1ccccc1)NC(=O)CCCN1C(=O)COc2ccccc21. The molecule has 1 N–H and O–H groups in total. The van der Waals surface area contributed by atoms with Crippen molar-refractivity contribution < 1.29 is 14.3 Å². The minimum absolute atomic E-state index is 0.0320. The molecule has 0 aliphatic carbocycles. The first-order valence-electron chi connectivity index (χ1n) is 9.49. The van der Waals surface area contributed by atoms with Crippen molar-refractivity contribution in [1.82, 2.24) is 5.32 Å². The fraction of sp³-hybridized carbons (Fsp3) is 0.364. The maximum absolute atomic E-state index is 12.2. The molecule has 142 valence electrons. The Bertz CT molecular complexity index is 776. The van der Waals surface area contributed by atoms with Crippen LogP contribution in [0.25, 0.3) is 0 Å². The quantitative estimate of drug-likeness (QED) is 0.780. The van der Waals surface area contributed by atoms with Gasteiger partial charge < -0.3 is 15.0 Å². The zero-order chi connectivity index (χ0) is 19.1. The minimum Gasteiger partial charge on any atom is -0.482 e. The molecular weight excluding hydrogens is 340 g/mol. The second-order valence-corrected chi connectivity index (χ2v) is 6.90. The Morgan fingerprint density at radius 3 is 2.70 bits per heavy atom. The molecule has 2 aromatic carbocycles. The fourth-order valence-electron chi connectivity index (χ4n) is 3.24. The summed E-state index contributed by atoms with van der Waals surface area (Å²) in [6.07, 6.45) is 2.88. The second kappa shape index (κ2) is 9.21. The lowest BCUT2D eigenvalue weighted by molar-refractivity contribution is -0.123. The molecule has 1 aliphatic heterocycles. The molecule has 1 atom stereocenters. The normalized spacial score (nSPS) is 14.3. The predicted molar refractivity (Wildman–Crippen MR) is 106 cm³/mol. The molecule has 2 amide bonds. The van der Waals surface area contributed by atoms with E-state index in [-0.39, 0.29) is 24.5 Å². The highest BCUT2D eigenvalue weighted by Crippen LogP contribution is 2.31. The van der Waals surface area contributed by atoms with Gasteiger partial charge in [0.05, 0.1) is 5.69 Å². The summed E-state index contributed by atoms with van der Waals surface area (Å²) in [6.45, 7) is 2.60. The third-order valence-electron chi connectivity index (χ3n) is 4.71. The molecule has 0 saturated heterocycles. The molecule has 5 heteroatoms. The van der Waals surface area contributed by atoms with Gasteiger partial charge >= 0.3 is 0 Å². The van der Waals surface area contributed by atoms with E-state index in [4.69, 9.17) is 4.74 Å². The number of anilines is 1. The van der Waals surface area contributed by atoms with Crippen LogP contribution in [0.15, 0.2) is 54.6 Å². The van der Waals surface area contributed by atoms with Crippen LogP contribution in [0.3, 0.4) is 0 Å². The summed E-state index contributed by atoms with van der Waals surface area (Å²) >= 11 is 0. The molecule has 0 bridgehead atoms. The molecular formula is C22H26N2O3. The molecule has 1 aliphatic rings. The molecule has 27 heavy (non-hydrogen) atoms. The summed E-state index contributed by atoms with van der Waals surface area (Å²) in [5, 5.41) is 3.05. The number of fused-ring (bicyclic) bond motifs is 1. The van der Waals surface area contributed by atoms with Crippen LogP contribution in [-0.4, -0.2) is 31.0 Å². The molecule has 0 spiro atoms. The van der Waals surface area contributed by atoms with Crippen molar-refractivity contribution in [1.29, 1.82) is 0 Å². The van der Waals surface area contributed by atoms with Gasteiger partial charge in [0.1, 0.15) is 5.75 Å². The van der Waals surface area contributed by atoms with E-state index < -0.39 is 0 Å². The van der Waals surface area contributed by atoms with E-state index in [1.807, 2.05) is 49.4 Å². The highest BCUT2D eigenvalue weighted by atomic mass is 16.5. The van der Waals surface area contributed by atoms with Gasteiger partial charge in [-0.15, -0.1) is 0 Å². The summed E-state index contributed by atoms with van der Waals surface area (Å²) in [5.41, 5.74) is 2.06. The van der Waals surface area contributed by atoms with Gasteiger partial charge in [0.25, 0.3) is 5.91 Å². The largest absolute Gasteiger partial charge is 0.482 e. The zero-order valence-electron chi connectivity index (χ0n) is 15.7. The summed E-state index contributed by atoms with van der Waals surface area (Å²) in [7, 11) is 0. The first-order chi connectivity index (χ1) is 13.1. The average molecular weight is 366 g/mol. The molecule has 0 radical (unpaired) electrons. The summed E-state index contributed by atoms with van der Waals surface area (Å²) in [4.78, 5) is 26.0. The van der Waals surface area contributed by atoms with Crippen LogP contribution in [0, 0.1) is 0 Å². The number of rotatable bonds is 8. The molecule has 3 rings (SSSR count). The van der Waals surface area contributed by atoms with Crippen LogP contribution in [0.5, 0.6) is 5.75 Å². The molecule has 2 aromatic rings. The summed E-state index contributed by atoms with van der Waals surface area (Å²) in [5.74, 6) is 0.686. The van der Waals surface area contributed by atoms with Crippen molar-refractivity contribution in [2.75, 3.05) is 18.1 Å².